The second-order valence-electron chi connectivity index (χ2n) is 8.10. The van der Waals surface area contributed by atoms with Gasteiger partial charge in [0.15, 0.2) is 0 Å². The van der Waals surface area contributed by atoms with Gasteiger partial charge in [0.2, 0.25) is 0 Å². The van der Waals surface area contributed by atoms with Gasteiger partial charge in [-0.05, 0) is 74.1 Å². The minimum Gasteiger partial charge on any atom is -0.462 e. The Kier molecular flexibility index (Phi) is 9.62. The lowest BCUT2D eigenvalue weighted by atomic mass is 9.86. The maximum absolute atomic E-state index is 11.7. The van der Waals surface area contributed by atoms with Crippen molar-refractivity contribution in [2.24, 2.45) is 23.7 Å². The third kappa shape index (κ3) is 8.94. The Balaban J connectivity index is 2.35. The van der Waals surface area contributed by atoms with Crippen LogP contribution in [-0.4, -0.2) is 19.1 Å². The molecule has 1 N–H and O–H groups in total. The zero-order chi connectivity index (χ0) is 18.8. The first-order valence-corrected chi connectivity index (χ1v) is 9.82. The fraction of sp³-hybridized carbons (Fsp3) is 0.682. The lowest BCUT2D eigenvalue weighted by Crippen LogP contribution is -2.16. The van der Waals surface area contributed by atoms with Crippen LogP contribution in [0.15, 0.2) is 24.3 Å². The van der Waals surface area contributed by atoms with E-state index < -0.39 is 0 Å². The maximum atomic E-state index is 11.7. The van der Waals surface area contributed by atoms with Gasteiger partial charge in [-0.25, -0.2) is 4.79 Å². The molecule has 0 saturated carbocycles. The molecule has 0 fully saturated rings. The number of esters is 1. The van der Waals surface area contributed by atoms with Crippen LogP contribution >= 0.6 is 0 Å². The van der Waals surface area contributed by atoms with Gasteiger partial charge in [-0.1, -0.05) is 34.6 Å². The zero-order valence-corrected chi connectivity index (χ0v) is 17.0. The van der Waals surface area contributed by atoms with E-state index >= 15 is 0 Å². The van der Waals surface area contributed by atoms with Crippen LogP contribution in [0.3, 0.4) is 0 Å². The molecule has 0 amide bonds. The first-order chi connectivity index (χ1) is 11.8. The number of rotatable bonds is 11. The Hall–Kier alpha value is -1.51. The lowest BCUT2D eigenvalue weighted by molar-refractivity contribution is 0.0526. The highest BCUT2D eigenvalue weighted by atomic mass is 16.5. The first-order valence-electron chi connectivity index (χ1n) is 9.82. The van der Waals surface area contributed by atoms with Crippen molar-refractivity contribution in [3.63, 3.8) is 0 Å². The summed E-state index contributed by atoms with van der Waals surface area (Å²) in [6, 6.07) is 7.54. The van der Waals surface area contributed by atoms with Gasteiger partial charge in [-0.3, -0.25) is 0 Å². The Labute approximate surface area is 154 Å². The molecule has 3 unspecified atom stereocenters. The Morgan fingerprint density at radius 1 is 0.920 bits per heavy atom. The van der Waals surface area contributed by atoms with Crippen molar-refractivity contribution in [1.29, 1.82) is 0 Å². The molecule has 0 radical (unpaired) electrons. The van der Waals surface area contributed by atoms with E-state index in [-0.39, 0.29) is 5.97 Å². The van der Waals surface area contributed by atoms with Crippen molar-refractivity contribution in [2.45, 2.75) is 60.8 Å². The Morgan fingerprint density at radius 2 is 1.48 bits per heavy atom. The largest absolute Gasteiger partial charge is 0.462 e. The summed E-state index contributed by atoms with van der Waals surface area (Å²) in [5.41, 5.74) is 1.66. The third-order valence-corrected chi connectivity index (χ3v) is 4.53. The minimum absolute atomic E-state index is 0.258. The van der Waals surface area contributed by atoms with E-state index in [1.54, 1.807) is 0 Å². The maximum Gasteiger partial charge on any atom is 0.338 e. The first kappa shape index (κ1) is 21.5. The molecule has 0 aliphatic carbocycles. The van der Waals surface area contributed by atoms with Crippen LogP contribution in [0.1, 0.15) is 71.2 Å². The normalized spacial score (nSPS) is 14.8. The van der Waals surface area contributed by atoms with Gasteiger partial charge < -0.3 is 10.1 Å². The van der Waals surface area contributed by atoms with E-state index in [4.69, 9.17) is 4.74 Å². The molecule has 0 aromatic heterocycles. The van der Waals surface area contributed by atoms with E-state index in [2.05, 4.69) is 39.9 Å². The second kappa shape index (κ2) is 11.2. The van der Waals surface area contributed by atoms with E-state index in [9.17, 15) is 4.79 Å². The van der Waals surface area contributed by atoms with Crippen LogP contribution in [0.4, 0.5) is 5.69 Å². The summed E-state index contributed by atoms with van der Waals surface area (Å²) in [6.07, 6.45) is 3.89. The summed E-state index contributed by atoms with van der Waals surface area (Å²) < 4.78 is 5.01. The molecule has 1 aromatic rings. The molecule has 0 spiro atoms. The SMILES string of the molecule is CCOC(=O)c1ccc(NCC(C)CC(C)CC(C)CC(C)C)cc1. The van der Waals surface area contributed by atoms with Gasteiger partial charge in [0, 0.05) is 12.2 Å². The molecule has 3 heteroatoms. The smallest absolute Gasteiger partial charge is 0.338 e. The van der Waals surface area contributed by atoms with Crippen LogP contribution in [0.5, 0.6) is 0 Å². The van der Waals surface area contributed by atoms with Crippen molar-refractivity contribution < 1.29 is 9.53 Å². The van der Waals surface area contributed by atoms with E-state index in [0.29, 0.717) is 18.1 Å². The summed E-state index contributed by atoms with van der Waals surface area (Å²) in [6.45, 7) is 14.9. The molecule has 3 nitrogen and oxygen atoms in total. The summed E-state index contributed by atoms with van der Waals surface area (Å²) in [7, 11) is 0. The van der Waals surface area contributed by atoms with E-state index in [1.807, 2.05) is 31.2 Å². The Morgan fingerprint density at radius 3 is 2.04 bits per heavy atom. The number of hydrogen-bond acceptors (Lipinski definition) is 3. The second-order valence-corrected chi connectivity index (χ2v) is 8.10. The molecule has 0 heterocycles. The molecule has 0 aliphatic rings. The molecular formula is C22H37NO2. The highest BCUT2D eigenvalue weighted by Gasteiger charge is 2.14. The number of carbonyl (C=O) groups is 1. The van der Waals surface area contributed by atoms with Gasteiger partial charge in [0.1, 0.15) is 0 Å². The predicted molar refractivity (Wildman–Crippen MR) is 107 cm³/mol. The summed E-state index contributed by atoms with van der Waals surface area (Å²) in [5.74, 6) is 2.74. The van der Waals surface area contributed by atoms with Gasteiger partial charge in [0.05, 0.1) is 12.2 Å². The number of nitrogens with one attached hydrogen (secondary N) is 1. The van der Waals surface area contributed by atoms with Gasteiger partial charge in [0.25, 0.3) is 0 Å². The fourth-order valence-corrected chi connectivity index (χ4v) is 3.68. The van der Waals surface area contributed by atoms with Crippen molar-refractivity contribution in [1.82, 2.24) is 0 Å². The monoisotopic (exact) mass is 347 g/mol. The van der Waals surface area contributed by atoms with Gasteiger partial charge in [-0.15, -0.1) is 0 Å². The standard InChI is InChI=1S/C22H37NO2/c1-7-25-22(24)20-8-10-21(11-9-20)23-15-19(6)14-18(5)13-17(4)12-16(2)3/h8-11,16-19,23H,7,12-15H2,1-6H3. The molecule has 1 aromatic carbocycles. The van der Waals surface area contributed by atoms with E-state index in [1.165, 1.54) is 19.3 Å². The number of ether oxygens (including phenoxy) is 1. The Bertz CT molecular complexity index is 495. The number of benzene rings is 1. The molecule has 1 rings (SSSR count). The van der Waals surface area contributed by atoms with Crippen molar-refractivity contribution in [3.8, 4) is 0 Å². The molecule has 0 aliphatic heterocycles. The molecular weight excluding hydrogens is 310 g/mol. The van der Waals surface area contributed by atoms with Crippen molar-refractivity contribution >= 4 is 11.7 Å². The number of carbonyl (C=O) groups excluding carboxylic acids is 1. The van der Waals surface area contributed by atoms with Gasteiger partial charge in [-0.2, -0.15) is 0 Å². The molecule has 142 valence electrons. The topological polar surface area (TPSA) is 38.3 Å². The fourth-order valence-electron chi connectivity index (χ4n) is 3.68. The highest BCUT2D eigenvalue weighted by Crippen LogP contribution is 2.24. The average Bonchev–Trinajstić information content (AvgIpc) is 2.52. The van der Waals surface area contributed by atoms with Crippen LogP contribution in [-0.2, 0) is 4.74 Å². The highest BCUT2D eigenvalue weighted by molar-refractivity contribution is 5.89. The predicted octanol–water partition coefficient (Wildman–Crippen LogP) is 6.01. The molecule has 25 heavy (non-hydrogen) atoms. The summed E-state index contributed by atoms with van der Waals surface area (Å²) >= 11 is 0. The van der Waals surface area contributed by atoms with Crippen LogP contribution in [0.25, 0.3) is 0 Å². The van der Waals surface area contributed by atoms with Crippen LogP contribution < -0.4 is 5.32 Å². The number of hydrogen-bond donors (Lipinski definition) is 1. The summed E-state index contributed by atoms with van der Waals surface area (Å²) in [4.78, 5) is 11.7. The lowest BCUT2D eigenvalue weighted by Gasteiger charge is -2.22. The van der Waals surface area contributed by atoms with Crippen molar-refractivity contribution in [2.75, 3.05) is 18.5 Å². The molecule has 0 bridgehead atoms. The average molecular weight is 348 g/mol. The number of anilines is 1. The van der Waals surface area contributed by atoms with E-state index in [0.717, 1.165) is 30.0 Å². The zero-order valence-electron chi connectivity index (χ0n) is 17.0. The van der Waals surface area contributed by atoms with Crippen LogP contribution in [0.2, 0.25) is 0 Å². The van der Waals surface area contributed by atoms with Crippen LogP contribution in [0, 0.1) is 23.7 Å². The summed E-state index contributed by atoms with van der Waals surface area (Å²) in [5, 5.41) is 3.48. The molecule has 0 saturated heterocycles. The van der Waals surface area contributed by atoms with Crippen molar-refractivity contribution in [3.05, 3.63) is 29.8 Å². The molecule has 3 atom stereocenters. The minimum atomic E-state index is -0.258. The quantitative estimate of drug-likeness (QED) is 0.498. The van der Waals surface area contributed by atoms with Gasteiger partial charge >= 0.3 is 5.97 Å². The third-order valence-electron chi connectivity index (χ3n) is 4.53.